The summed E-state index contributed by atoms with van der Waals surface area (Å²) in [5.41, 5.74) is 0.688. The lowest BCUT2D eigenvalue weighted by Gasteiger charge is -1.98. The first-order valence-corrected chi connectivity index (χ1v) is 4.44. The van der Waals surface area contributed by atoms with Gasteiger partial charge in [-0.3, -0.25) is 10.1 Å². The molecule has 5 nitrogen and oxygen atoms in total. The zero-order chi connectivity index (χ0) is 9.42. The maximum absolute atomic E-state index is 10.4. The van der Waals surface area contributed by atoms with E-state index in [2.05, 4.69) is 21.2 Å². The van der Waals surface area contributed by atoms with Crippen molar-refractivity contribution in [3.8, 4) is 5.75 Å². The van der Waals surface area contributed by atoms with Crippen molar-refractivity contribution in [2.45, 2.75) is 5.14 Å². The summed E-state index contributed by atoms with van der Waals surface area (Å²) in [6.45, 7) is 0. The number of ether oxygens (including phenoxy) is 1. The molecule has 0 saturated heterocycles. The van der Waals surface area contributed by atoms with E-state index in [1.54, 1.807) is 6.07 Å². The van der Waals surface area contributed by atoms with Crippen LogP contribution in [0.3, 0.4) is 0 Å². The van der Waals surface area contributed by atoms with Gasteiger partial charge < -0.3 is 10.1 Å². The third kappa shape index (κ3) is 1.44. The molecule has 1 aromatic rings. The Bertz CT molecular complexity index is 369. The Kier molecular flexibility index (Phi) is 1.84. The molecule has 1 heterocycles. The van der Waals surface area contributed by atoms with Crippen molar-refractivity contribution in [3.05, 3.63) is 28.3 Å². The first kappa shape index (κ1) is 8.31. The standard InChI is InChI=1S/C7H5BrN2O3/c8-7-9-5-3-4(10(11)12)1-2-6(5)13-7/h1-3,7,9H. The number of nitro benzene ring substituents is 1. The average Bonchev–Trinajstić information content (AvgIpc) is 2.42. The summed E-state index contributed by atoms with van der Waals surface area (Å²) in [7, 11) is 0. The van der Waals surface area contributed by atoms with E-state index < -0.39 is 4.92 Å². The molecule has 0 aromatic heterocycles. The van der Waals surface area contributed by atoms with Crippen LogP contribution in [0.15, 0.2) is 18.2 Å². The SMILES string of the molecule is O=[N+]([O-])c1ccc2c(c1)NC(Br)O2. The summed E-state index contributed by atoms with van der Waals surface area (Å²) in [5.74, 6) is 0.618. The predicted molar refractivity (Wildman–Crippen MR) is 50.1 cm³/mol. The summed E-state index contributed by atoms with van der Waals surface area (Å²) < 4.78 is 5.22. The van der Waals surface area contributed by atoms with Crippen LogP contribution in [-0.2, 0) is 0 Å². The highest BCUT2D eigenvalue weighted by Crippen LogP contribution is 2.35. The average molecular weight is 245 g/mol. The molecule has 0 spiro atoms. The molecule has 1 aliphatic heterocycles. The van der Waals surface area contributed by atoms with Crippen LogP contribution < -0.4 is 10.1 Å². The maximum Gasteiger partial charge on any atom is 0.271 e. The maximum atomic E-state index is 10.4. The normalized spacial score (nSPS) is 18.7. The summed E-state index contributed by atoms with van der Waals surface area (Å²) >= 11 is 3.18. The minimum Gasteiger partial charge on any atom is -0.459 e. The van der Waals surface area contributed by atoms with E-state index >= 15 is 0 Å². The Morgan fingerprint density at radius 1 is 1.62 bits per heavy atom. The van der Waals surface area contributed by atoms with Crippen LogP contribution in [0.2, 0.25) is 0 Å². The third-order valence-electron chi connectivity index (χ3n) is 1.67. The van der Waals surface area contributed by atoms with E-state index in [0.29, 0.717) is 11.4 Å². The van der Waals surface area contributed by atoms with Gasteiger partial charge in [0.25, 0.3) is 5.69 Å². The van der Waals surface area contributed by atoms with Crippen LogP contribution in [0.5, 0.6) is 5.75 Å². The third-order valence-corrected chi connectivity index (χ3v) is 2.09. The van der Waals surface area contributed by atoms with Crippen molar-refractivity contribution < 1.29 is 9.66 Å². The Morgan fingerprint density at radius 3 is 3.08 bits per heavy atom. The number of non-ortho nitro benzene ring substituents is 1. The van der Waals surface area contributed by atoms with Crippen LogP contribution in [0, 0.1) is 10.1 Å². The van der Waals surface area contributed by atoms with Crippen LogP contribution in [0.4, 0.5) is 11.4 Å². The van der Waals surface area contributed by atoms with Gasteiger partial charge in [-0.25, -0.2) is 0 Å². The van der Waals surface area contributed by atoms with E-state index in [0.717, 1.165) is 0 Å². The molecular formula is C7H5BrN2O3. The topological polar surface area (TPSA) is 64.4 Å². The quantitative estimate of drug-likeness (QED) is 0.356. The molecule has 0 radical (unpaired) electrons. The fourth-order valence-electron chi connectivity index (χ4n) is 1.11. The van der Waals surface area contributed by atoms with Crippen LogP contribution >= 0.6 is 15.9 Å². The Balaban J connectivity index is 2.40. The van der Waals surface area contributed by atoms with Crippen molar-refractivity contribution in [1.29, 1.82) is 0 Å². The summed E-state index contributed by atoms with van der Waals surface area (Å²) in [5, 5.41) is 13.0. The Hall–Kier alpha value is -1.30. The van der Waals surface area contributed by atoms with Gasteiger partial charge in [0, 0.05) is 12.1 Å². The summed E-state index contributed by atoms with van der Waals surface area (Å²) in [6, 6.07) is 4.42. The molecule has 1 aromatic carbocycles. The minimum absolute atomic E-state index is 0.0523. The molecular weight excluding hydrogens is 240 g/mol. The van der Waals surface area contributed by atoms with E-state index in [4.69, 9.17) is 4.74 Å². The van der Waals surface area contributed by atoms with Gasteiger partial charge in [-0.15, -0.1) is 0 Å². The van der Waals surface area contributed by atoms with Gasteiger partial charge in [-0.1, -0.05) is 0 Å². The predicted octanol–water partition coefficient (Wildman–Crippen LogP) is 2.08. The summed E-state index contributed by atoms with van der Waals surface area (Å²) in [6.07, 6.45) is 0. The molecule has 1 N–H and O–H groups in total. The molecule has 1 atom stereocenters. The highest BCUT2D eigenvalue weighted by Gasteiger charge is 2.21. The van der Waals surface area contributed by atoms with E-state index in [1.807, 2.05) is 0 Å². The van der Waals surface area contributed by atoms with Crippen LogP contribution in [0.1, 0.15) is 0 Å². The number of alkyl halides is 1. The zero-order valence-electron chi connectivity index (χ0n) is 6.36. The van der Waals surface area contributed by atoms with E-state index in [1.165, 1.54) is 12.1 Å². The molecule has 0 amide bonds. The van der Waals surface area contributed by atoms with Gasteiger partial charge in [0.1, 0.15) is 5.75 Å². The Morgan fingerprint density at radius 2 is 2.38 bits per heavy atom. The zero-order valence-corrected chi connectivity index (χ0v) is 7.95. The number of nitrogens with one attached hydrogen (secondary N) is 1. The second kappa shape index (κ2) is 2.88. The van der Waals surface area contributed by atoms with Crippen molar-refractivity contribution in [2.75, 3.05) is 5.32 Å². The molecule has 0 saturated carbocycles. The molecule has 0 aliphatic carbocycles. The number of nitro groups is 1. The first-order chi connectivity index (χ1) is 6.16. The number of halogens is 1. The van der Waals surface area contributed by atoms with E-state index in [9.17, 15) is 10.1 Å². The van der Waals surface area contributed by atoms with Gasteiger partial charge >= 0.3 is 0 Å². The molecule has 1 unspecified atom stereocenters. The van der Waals surface area contributed by atoms with Gasteiger partial charge in [0.05, 0.1) is 10.6 Å². The van der Waals surface area contributed by atoms with Crippen LogP contribution in [-0.4, -0.2) is 10.1 Å². The lowest BCUT2D eigenvalue weighted by Crippen LogP contribution is -2.09. The fourth-order valence-corrected chi connectivity index (χ4v) is 1.56. The number of rotatable bonds is 1. The van der Waals surface area contributed by atoms with Gasteiger partial charge in [-0.05, 0) is 22.0 Å². The van der Waals surface area contributed by atoms with Crippen molar-refractivity contribution in [2.24, 2.45) is 0 Å². The number of anilines is 1. The Labute approximate surface area is 82.0 Å². The van der Waals surface area contributed by atoms with Crippen LogP contribution in [0.25, 0.3) is 0 Å². The number of hydrogen-bond donors (Lipinski definition) is 1. The number of fused-ring (bicyclic) bond motifs is 1. The highest BCUT2D eigenvalue weighted by molar-refractivity contribution is 9.09. The number of benzene rings is 1. The van der Waals surface area contributed by atoms with Gasteiger partial charge in [0.2, 0.25) is 5.14 Å². The largest absolute Gasteiger partial charge is 0.459 e. The second-order valence-electron chi connectivity index (χ2n) is 2.52. The highest BCUT2D eigenvalue weighted by atomic mass is 79.9. The lowest BCUT2D eigenvalue weighted by atomic mass is 10.2. The van der Waals surface area contributed by atoms with Gasteiger partial charge in [0.15, 0.2) is 0 Å². The number of nitrogens with zero attached hydrogens (tertiary/aromatic N) is 1. The lowest BCUT2D eigenvalue weighted by molar-refractivity contribution is -0.384. The fraction of sp³-hybridized carbons (Fsp3) is 0.143. The molecule has 1 aliphatic rings. The minimum atomic E-state index is -0.441. The monoisotopic (exact) mass is 244 g/mol. The second-order valence-corrected chi connectivity index (χ2v) is 3.35. The molecule has 0 bridgehead atoms. The summed E-state index contributed by atoms with van der Waals surface area (Å²) in [4.78, 5) is 9.97. The molecule has 6 heteroatoms. The molecule has 13 heavy (non-hydrogen) atoms. The van der Waals surface area contributed by atoms with Crippen molar-refractivity contribution >= 4 is 27.3 Å². The molecule has 68 valence electrons. The van der Waals surface area contributed by atoms with Crippen molar-refractivity contribution in [3.63, 3.8) is 0 Å². The molecule has 2 rings (SSSR count). The smallest absolute Gasteiger partial charge is 0.271 e. The number of hydrogen-bond acceptors (Lipinski definition) is 4. The molecule has 0 fully saturated rings. The van der Waals surface area contributed by atoms with Gasteiger partial charge in [-0.2, -0.15) is 0 Å². The van der Waals surface area contributed by atoms with Crippen molar-refractivity contribution in [1.82, 2.24) is 0 Å². The first-order valence-electron chi connectivity index (χ1n) is 3.52. The van der Waals surface area contributed by atoms with E-state index in [-0.39, 0.29) is 10.8 Å².